The second-order valence-electron chi connectivity index (χ2n) is 6.15. The first-order chi connectivity index (χ1) is 13.2. The van der Waals surface area contributed by atoms with E-state index in [4.69, 9.17) is 0 Å². The van der Waals surface area contributed by atoms with Gasteiger partial charge in [0, 0.05) is 22.7 Å². The van der Waals surface area contributed by atoms with Crippen LogP contribution in [0.15, 0.2) is 53.2 Å². The highest BCUT2D eigenvalue weighted by Gasteiger charge is 2.38. The molecular weight excluding hydrogens is 378 g/mol. The molecule has 0 aliphatic heterocycles. The largest absolute Gasteiger partial charge is 0.471 e. The molecule has 0 unspecified atom stereocenters. The van der Waals surface area contributed by atoms with Gasteiger partial charge in [-0.15, -0.1) is 0 Å². The number of aromatic nitrogens is 3. The Bertz CT molecular complexity index is 1190. The van der Waals surface area contributed by atoms with Crippen molar-refractivity contribution in [3.8, 4) is 11.4 Å². The number of carbonyl (C=O) groups is 1. The Balaban J connectivity index is 1.81. The number of alkyl halides is 3. The van der Waals surface area contributed by atoms with Crippen LogP contribution >= 0.6 is 0 Å². The third-order valence-electron chi connectivity index (χ3n) is 4.24. The first kappa shape index (κ1) is 17.9. The van der Waals surface area contributed by atoms with Crippen LogP contribution in [0.1, 0.15) is 21.8 Å². The summed E-state index contributed by atoms with van der Waals surface area (Å²) < 4.78 is 56.8. The number of halogens is 4. The maximum atomic E-state index is 13.1. The zero-order valence-electron chi connectivity index (χ0n) is 14.3. The van der Waals surface area contributed by atoms with Crippen molar-refractivity contribution >= 4 is 16.8 Å². The highest BCUT2D eigenvalue weighted by molar-refractivity contribution is 6.03. The number of carbonyl (C=O) groups excluding carboxylic acids is 1. The minimum atomic E-state index is -4.75. The Morgan fingerprint density at radius 1 is 1.11 bits per heavy atom. The summed E-state index contributed by atoms with van der Waals surface area (Å²) in [5, 5.41) is 4.10. The lowest BCUT2D eigenvalue weighted by Gasteiger charge is -2.05. The molecule has 28 heavy (non-hydrogen) atoms. The Labute approximate surface area is 155 Å². The molecule has 2 aromatic heterocycles. The fourth-order valence-corrected chi connectivity index (χ4v) is 2.89. The van der Waals surface area contributed by atoms with Gasteiger partial charge in [0.25, 0.3) is 5.91 Å². The van der Waals surface area contributed by atoms with E-state index < -0.39 is 23.8 Å². The predicted octanol–water partition coefficient (Wildman–Crippen LogP) is 4.85. The summed E-state index contributed by atoms with van der Waals surface area (Å²) in [7, 11) is 0. The number of benzene rings is 2. The quantitative estimate of drug-likeness (QED) is 0.460. The monoisotopic (exact) mass is 389 g/mol. The minimum absolute atomic E-state index is 0.242. The van der Waals surface area contributed by atoms with Gasteiger partial charge in [-0.3, -0.25) is 9.36 Å². The molecule has 9 heteroatoms. The Morgan fingerprint density at radius 3 is 2.46 bits per heavy atom. The van der Waals surface area contributed by atoms with Crippen LogP contribution in [0.3, 0.4) is 0 Å². The molecule has 2 heterocycles. The zero-order chi connectivity index (χ0) is 20.1. The number of fused-ring (bicyclic) bond motifs is 1. The molecule has 2 aromatic carbocycles. The van der Waals surface area contributed by atoms with Crippen molar-refractivity contribution in [3.63, 3.8) is 0 Å². The van der Waals surface area contributed by atoms with Crippen molar-refractivity contribution in [1.82, 2.24) is 14.7 Å². The molecule has 0 N–H and O–H groups in total. The highest BCUT2D eigenvalue weighted by Crippen LogP contribution is 2.31. The molecule has 0 aliphatic carbocycles. The minimum Gasteiger partial charge on any atom is -0.329 e. The van der Waals surface area contributed by atoms with Crippen molar-refractivity contribution in [1.29, 1.82) is 0 Å². The molecular formula is C19H11F4N3O2. The van der Waals surface area contributed by atoms with Gasteiger partial charge in [0.2, 0.25) is 5.82 Å². The predicted molar refractivity (Wildman–Crippen MR) is 91.1 cm³/mol. The lowest BCUT2D eigenvalue weighted by atomic mass is 10.1. The summed E-state index contributed by atoms with van der Waals surface area (Å²) in [5.41, 5.74) is 1.78. The van der Waals surface area contributed by atoms with Crippen LogP contribution < -0.4 is 0 Å². The maximum absolute atomic E-state index is 13.1. The van der Waals surface area contributed by atoms with Crippen LogP contribution in [-0.4, -0.2) is 20.6 Å². The van der Waals surface area contributed by atoms with E-state index in [1.165, 1.54) is 34.9 Å². The van der Waals surface area contributed by atoms with Crippen LogP contribution in [0.25, 0.3) is 22.3 Å². The number of nitrogens with zero attached hydrogens (tertiary/aromatic N) is 3. The average Bonchev–Trinajstić information content (AvgIpc) is 3.27. The molecule has 142 valence electrons. The summed E-state index contributed by atoms with van der Waals surface area (Å²) in [6, 6.07) is 9.79. The molecule has 5 nitrogen and oxygen atoms in total. The van der Waals surface area contributed by atoms with E-state index in [0.717, 1.165) is 10.9 Å². The van der Waals surface area contributed by atoms with Crippen LogP contribution in [0.4, 0.5) is 17.6 Å². The molecule has 0 atom stereocenters. The third kappa shape index (κ3) is 3.04. The van der Waals surface area contributed by atoms with Crippen LogP contribution in [0.5, 0.6) is 0 Å². The lowest BCUT2D eigenvalue weighted by molar-refractivity contribution is -0.159. The number of hydrogen-bond donors (Lipinski definition) is 0. The molecule has 0 spiro atoms. The summed E-state index contributed by atoms with van der Waals surface area (Å²) >= 11 is 0. The van der Waals surface area contributed by atoms with Gasteiger partial charge < -0.3 is 4.52 Å². The Morgan fingerprint density at radius 2 is 1.82 bits per heavy atom. The van der Waals surface area contributed by atoms with Crippen LogP contribution in [0.2, 0.25) is 0 Å². The first-order valence-electron chi connectivity index (χ1n) is 8.07. The van der Waals surface area contributed by atoms with Gasteiger partial charge in [0.05, 0.1) is 5.52 Å². The standard InChI is InChI=1S/C19H11F4N3O2/c1-10-9-26(17(27)11-2-5-13(20)6-3-11)15-8-12(4-7-14(10)15)16-24-18(28-25-16)19(21,22)23/h2-9H,1H3. The van der Waals surface area contributed by atoms with Gasteiger partial charge in [-0.1, -0.05) is 17.3 Å². The molecule has 4 aromatic rings. The molecule has 0 radical (unpaired) electrons. The molecule has 0 saturated carbocycles. The van der Waals surface area contributed by atoms with Crippen molar-refractivity contribution in [2.24, 2.45) is 0 Å². The molecule has 0 aliphatic rings. The van der Waals surface area contributed by atoms with E-state index in [-0.39, 0.29) is 17.0 Å². The van der Waals surface area contributed by atoms with Crippen LogP contribution in [-0.2, 0) is 6.18 Å². The SMILES string of the molecule is Cc1cn(C(=O)c2ccc(F)cc2)c2cc(-c3noc(C(F)(F)F)n3)ccc12. The molecule has 0 amide bonds. The molecule has 0 bridgehead atoms. The zero-order valence-corrected chi connectivity index (χ0v) is 14.3. The van der Waals surface area contributed by atoms with Gasteiger partial charge in [-0.05, 0) is 42.8 Å². The van der Waals surface area contributed by atoms with E-state index in [1.807, 2.05) is 0 Å². The second kappa shape index (κ2) is 6.29. The van der Waals surface area contributed by atoms with Crippen molar-refractivity contribution in [2.75, 3.05) is 0 Å². The second-order valence-corrected chi connectivity index (χ2v) is 6.15. The number of aryl methyl sites for hydroxylation is 1. The summed E-state index contributed by atoms with van der Waals surface area (Å²) in [6.07, 6.45) is -3.14. The van der Waals surface area contributed by atoms with E-state index in [0.29, 0.717) is 5.52 Å². The Kier molecular flexibility index (Phi) is 4.02. The highest BCUT2D eigenvalue weighted by atomic mass is 19.4. The Hall–Kier alpha value is -3.49. The summed E-state index contributed by atoms with van der Waals surface area (Å²) in [4.78, 5) is 16.2. The van der Waals surface area contributed by atoms with Gasteiger partial charge in [0.1, 0.15) is 5.82 Å². The van der Waals surface area contributed by atoms with Gasteiger partial charge in [0.15, 0.2) is 0 Å². The molecule has 0 fully saturated rings. The summed E-state index contributed by atoms with van der Waals surface area (Å²) in [6.45, 7) is 1.80. The maximum Gasteiger partial charge on any atom is 0.471 e. The van der Waals surface area contributed by atoms with Crippen molar-refractivity contribution < 1.29 is 26.9 Å². The fourth-order valence-electron chi connectivity index (χ4n) is 2.89. The van der Waals surface area contributed by atoms with Crippen LogP contribution in [0, 0.1) is 12.7 Å². The van der Waals surface area contributed by atoms with E-state index in [1.54, 1.807) is 25.3 Å². The van der Waals surface area contributed by atoms with E-state index in [2.05, 4.69) is 14.7 Å². The number of rotatable bonds is 2. The number of hydrogen-bond acceptors (Lipinski definition) is 4. The topological polar surface area (TPSA) is 60.9 Å². The fraction of sp³-hybridized carbons (Fsp3) is 0.105. The summed E-state index contributed by atoms with van der Waals surface area (Å²) in [5.74, 6) is -2.56. The smallest absolute Gasteiger partial charge is 0.329 e. The van der Waals surface area contributed by atoms with Crippen molar-refractivity contribution in [2.45, 2.75) is 13.1 Å². The van der Waals surface area contributed by atoms with Crippen molar-refractivity contribution in [3.05, 3.63) is 71.5 Å². The first-order valence-corrected chi connectivity index (χ1v) is 8.07. The van der Waals surface area contributed by atoms with E-state index in [9.17, 15) is 22.4 Å². The third-order valence-corrected chi connectivity index (χ3v) is 4.24. The van der Waals surface area contributed by atoms with Gasteiger partial charge >= 0.3 is 12.1 Å². The van der Waals surface area contributed by atoms with E-state index >= 15 is 0 Å². The van der Waals surface area contributed by atoms with Gasteiger partial charge in [-0.25, -0.2) is 4.39 Å². The lowest BCUT2D eigenvalue weighted by Crippen LogP contribution is -2.10. The van der Waals surface area contributed by atoms with Gasteiger partial charge in [-0.2, -0.15) is 18.2 Å². The molecule has 4 rings (SSSR count). The normalized spacial score (nSPS) is 11.9. The molecule has 0 saturated heterocycles. The average molecular weight is 389 g/mol.